The Balaban J connectivity index is 2.23. The molecule has 5 N–H and O–H groups in total. The maximum atomic E-state index is 14.1. The summed E-state index contributed by atoms with van der Waals surface area (Å²) in [6.45, 7) is 12.1. The molecule has 0 saturated heterocycles. The lowest BCUT2D eigenvalue weighted by Crippen LogP contribution is -2.49. The molecule has 3 amide bonds. The van der Waals surface area contributed by atoms with Crippen LogP contribution in [0.3, 0.4) is 0 Å². The van der Waals surface area contributed by atoms with E-state index in [2.05, 4.69) is 23.5 Å². The Hall–Kier alpha value is -3.92. The van der Waals surface area contributed by atoms with Crippen molar-refractivity contribution in [3.63, 3.8) is 0 Å². The maximum Gasteiger partial charge on any atom is 0.273 e. The number of primary amides is 1. The third-order valence-electron chi connectivity index (χ3n) is 5.72. The zero-order chi connectivity index (χ0) is 28.2. The van der Waals surface area contributed by atoms with Gasteiger partial charge in [-0.15, -0.1) is 0 Å². The summed E-state index contributed by atoms with van der Waals surface area (Å²) in [6, 6.07) is 13.4. The van der Waals surface area contributed by atoms with Gasteiger partial charge in [0.05, 0.1) is 12.3 Å². The molecule has 0 aliphatic heterocycles. The molecule has 0 saturated carbocycles. The van der Waals surface area contributed by atoms with E-state index in [0.29, 0.717) is 23.6 Å². The molecule has 0 aliphatic carbocycles. The second-order valence-electron chi connectivity index (χ2n) is 10.2. The third kappa shape index (κ3) is 6.49. The Morgan fingerprint density at radius 2 is 1.61 bits per heavy atom. The van der Waals surface area contributed by atoms with Gasteiger partial charge < -0.3 is 21.5 Å². The van der Waals surface area contributed by atoms with Crippen LogP contribution in [0.5, 0.6) is 5.75 Å². The molecule has 1 atom stereocenters. The molecule has 0 fully saturated rings. The number of nitrogens with one attached hydrogen (secondary N) is 1. The molecular weight excluding hydrogens is 502 g/mol. The molecule has 10 heteroatoms. The molecule has 1 heterocycles. The van der Waals surface area contributed by atoms with Gasteiger partial charge in [-0.3, -0.25) is 19.3 Å². The van der Waals surface area contributed by atoms with E-state index in [9.17, 15) is 14.4 Å². The van der Waals surface area contributed by atoms with E-state index in [4.69, 9.17) is 16.2 Å². The van der Waals surface area contributed by atoms with Crippen LogP contribution in [0.1, 0.15) is 84.8 Å². The Bertz CT molecular complexity index is 1290. The van der Waals surface area contributed by atoms with Crippen LogP contribution in [0.25, 0.3) is 0 Å². The van der Waals surface area contributed by atoms with Crippen LogP contribution in [0.4, 0.5) is 11.4 Å². The normalized spacial score (nSPS) is 12.2. The van der Waals surface area contributed by atoms with Crippen LogP contribution >= 0.6 is 11.5 Å². The first-order valence-corrected chi connectivity index (χ1v) is 13.1. The minimum absolute atomic E-state index is 0.0197. The molecule has 2 aromatic carbocycles. The van der Waals surface area contributed by atoms with E-state index in [-0.39, 0.29) is 28.1 Å². The third-order valence-corrected chi connectivity index (χ3v) is 6.57. The van der Waals surface area contributed by atoms with Crippen molar-refractivity contribution in [3.8, 4) is 5.75 Å². The lowest BCUT2D eigenvalue weighted by molar-refractivity contribution is -0.123. The lowest BCUT2D eigenvalue weighted by atomic mass is 9.99. The number of carbonyl (C=O) groups excluding carboxylic acids is 3. The molecule has 9 nitrogen and oxygen atoms in total. The summed E-state index contributed by atoms with van der Waals surface area (Å²) >= 11 is 0.771. The molecule has 0 bridgehead atoms. The number of aromatic nitrogens is 1. The summed E-state index contributed by atoms with van der Waals surface area (Å²) < 4.78 is 9.57. The number of nitrogen functional groups attached to an aromatic ring is 1. The van der Waals surface area contributed by atoms with Crippen molar-refractivity contribution in [2.24, 2.45) is 5.73 Å². The number of amides is 3. The highest BCUT2D eigenvalue weighted by atomic mass is 32.1. The van der Waals surface area contributed by atoms with E-state index in [1.165, 1.54) is 4.90 Å². The Morgan fingerprint density at radius 3 is 2.08 bits per heavy atom. The number of nitrogens with zero attached hydrogens (tertiary/aromatic N) is 2. The molecule has 38 heavy (non-hydrogen) atoms. The monoisotopic (exact) mass is 537 g/mol. The fraction of sp³-hybridized carbons (Fsp3) is 0.357. The summed E-state index contributed by atoms with van der Waals surface area (Å²) in [5.41, 5.74) is 12.8. The minimum atomic E-state index is -1.07. The zero-order valence-electron chi connectivity index (χ0n) is 22.6. The van der Waals surface area contributed by atoms with Crippen molar-refractivity contribution in [1.82, 2.24) is 9.69 Å². The standard InChI is InChI=1S/C28H35N5O4S/c1-7-37-20-14-10-18(11-15-20)23(26(35)31-28(4,5)6)33(19-12-8-17(9-13-19)16(2)3)27(36)24-21(29)22(25(30)34)32-38-24/h8-16,23H,7,29H2,1-6H3,(H2,30,34)(H,31,35). The molecular formula is C28H35N5O4S. The molecule has 0 radical (unpaired) electrons. The first-order chi connectivity index (χ1) is 17.8. The van der Waals surface area contributed by atoms with Gasteiger partial charge in [0.15, 0.2) is 5.69 Å². The van der Waals surface area contributed by atoms with Crippen LogP contribution in [-0.2, 0) is 4.79 Å². The Labute approximate surface area is 227 Å². The number of nitrogens with two attached hydrogens (primary N) is 2. The van der Waals surface area contributed by atoms with Crippen LogP contribution in [0.15, 0.2) is 48.5 Å². The average molecular weight is 538 g/mol. The second kappa shape index (κ2) is 11.6. The fourth-order valence-electron chi connectivity index (χ4n) is 3.91. The van der Waals surface area contributed by atoms with Crippen LogP contribution in [-0.4, -0.2) is 34.2 Å². The van der Waals surface area contributed by atoms with Crippen molar-refractivity contribution < 1.29 is 19.1 Å². The van der Waals surface area contributed by atoms with Crippen molar-refractivity contribution in [3.05, 3.63) is 70.2 Å². The number of anilines is 2. The number of carbonyl (C=O) groups is 3. The summed E-state index contributed by atoms with van der Waals surface area (Å²) in [6.07, 6.45) is 0. The summed E-state index contributed by atoms with van der Waals surface area (Å²) in [7, 11) is 0. The Kier molecular flexibility index (Phi) is 8.78. The largest absolute Gasteiger partial charge is 0.494 e. The second-order valence-corrected chi connectivity index (χ2v) is 11.0. The van der Waals surface area contributed by atoms with Gasteiger partial charge >= 0.3 is 0 Å². The van der Waals surface area contributed by atoms with Crippen LogP contribution in [0.2, 0.25) is 0 Å². The van der Waals surface area contributed by atoms with Gasteiger partial charge in [0.25, 0.3) is 11.8 Å². The predicted octanol–water partition coefficient (Wildman–Crippen LogP) is 4.65. The fourth-order valence-corrected chi connectivity index (χ4v) is 4.65. The highest BCUT2D eigenvalue weighted by Crippen LogP contribution is 2.34. The van der Waals surface area contributed by atoms with Crippen molar-refractivity contribution in [2.45, 2.75) is 59.0 Å². The summed E-state index contributed by atoms with van der Waals surface area (Å²) in [5, 5.41) is 3.00. The van der Waals surface area contributed by atoms with E-state index in [0.717, 1.165) is 17.1 Å². The van der Waals surface area contributed by atoms with Crippen molar-refractivity contribution >= 4 is 40.6 Å². The molecule has 3 aromatic rings. The lowest BCUT2D eigenvalue weighted by Gasteiger charge is -2.33. The molecule has 0 aliphatic rings. The van der Waals surface area contributed by atoms with Crippen molar-refractivity contribution in [2.75, 3.05) is 17.2 Å². The van der Waals surface area contributed by atoms with Gasteiger partial charge in [-0.05, 0) is 80.5 Å². The van der Waals surface area contributed by atoms with Crippen molar-refractivity contribution in [1.29, 1.82) is 0 Å². The van der Waals surface area contributed by atoms with Gasteiger partial charge in [-0.25, -0.2) is 0 Å². The highest BCUT2D eigenvalue weighted by Gasteiger charge is 2.37. The maximum absolute atomic E-state index is 14.1. The first-order valence-electron chi connectivity index (χ1n) is 12.4. The highest BCUT2D eigenvalue weighted by molar-refractivity contribution is 7.09. The number of rotatable bonds is 9. The van der Waals surface area contributed by atoms with E-state index in [1.54, 1.807) is 36.4 Å². The van der Waals surface area contributed by atoms with Crippen LogP contribution in [0, 0.1) is 0 Å². The quantitative estimate of drug-likeness (QED) is 0.363. The first kappa shape index (κ1) is 28.6. The number of hydrogen-bond acceptors (Lipinski definition) is 7. The Morgan fingerprint density at radius 1 is 1.03 bits per heavy atom. The van der Waals surface area contributed by atoms with E-state index < -0.39 is 23.4 Å². The molecule has 3 rings (SSSR count). The topological polar surface area (TPSA) is 141 Å². The molecule has 1 unspecified atom stereocenters. The van der Waals surface area contributed by atoms with Gasteiger partial charge in [0.2, 0.25) is 5.91 Å². The zero-order valence-corrected chi connectivity index (χ0v) is 23.4. The van der Waals surface area contributed by atoms with Gasteiger partial charge in [0, 0.05) is 11.2 Å². The van der Waals surface area contributed by atoms with E-state index in [1.807, 2.05) is 39.8 Å². The SMILES string of the molecule is CCOc1ccc(C(C(=O)NC(C)(C)C)N(C(=O)c2snc(C(N)=O)c2N)c2ccc(C(C)C)cc2)cc1. The number of benzene rings is 2. The van der Waals surface area contributed by atoms with E-state index >= 15 is 0 Å². The molecule has 1 aromatic heterocycles. The average Bonchev–Trinajstić information content (AvgIpc) is 3.23. The summed E-state index contributed by atoms with van der Waals surface area (Å²) in [4.78, 5) is 41.2. The van der Waals surface area contributed by atoms with Gasteiger partial charge in [-0.1, -0.05) is 38.1 Å². The predicted molar refractivity (Wildman–Crippen MR) is 151 cm³/mol. The number of ether oxygens (including phenoxy) is 1. The van der Waals surface area contributed by atoms with Crippen LogP contribution < -0.4 is 26.4 Å². The molecule has 0 spiro atoms. The number of hydrogen-bond donors (Lipinski definition) is 3. The van der Waals surface area contributed by atoms with Gasteiger partial charge in [0.1, 0.15) is 16.7 Å². The van der Waals surface area contributed by atoms with Gasteiger partial charge in [-0.2, -0.15) is 4.37 Å². The minimum Gasteiger partial charge on any atom is -0.494 e. The molecule has 202 valence electrons. The summed E-state index contributed by atoms with van der Waals surface area (Å²) in [5.74, 6) is -0.883. The smallest absolute Gasteiger partial charge is 0.273 e.